The number of carbonyl (C=O) groups is 1. The Morgan fingerprint density at radius 1 is 0.947 bits per heavy atom. The Labute approximate surface area is 113 Å². The van der Waals surface area contributed by atoms with Gasteiger partial charge in [0, 0.05) is 19.8 Å². The number of amides is 1. The van der Waals surface area contributed by atoms with Crippen LogP contribution in [0.5, 0.6) is 0 Å². The molecule has 0 aromatic heterocycles. The molecule has 0 heterocycles. The van der Waals surface area contributed by atoms with E-state index in [2.05, 4.69) is 29.6 Å². The van der Waals surface area contributed by atoms with E-state index in [9.17, 15) is 4.79 Å². The van der Waals surface area contributed by atoms with Crippen LogP contribution in [0.1, 0.15) is 0 Å². The maximum atomic E-state index is 11.5. The maximum Gasteiger partial charge on any atom is 0.241 e. The number of hydrogen-bond acceptors (Lipinski definition) is 2. The summed E-state index contributed by atoms with van der Waals surface area (Å²) < 4.78 is 0. The molecule has 1 amide bonds. The zero-order valence-corrected chi connectivity index (χ0v) is 11.3. The molecule has 3 nitrogen and oxygen atoms in total. The average Bonchev–Trinajstić information content (AvgIpc) is 2.46. The van der Waals surface area contributed by atoms with E-state index >= 15 is 0 Å². The maximum absolute atomic E-state index is 11.5. The van der Waals surface area contributed by atoms with Crippen LogP contribution in [-0.2, 0) is 4.79 Å². The van der Waals surface area contributed by atoms with Gasteiger partial charge in [-0.15, -0.1) is 0 Å². The summed E-state index contributed by atoms with van der Waals surface area (Å²) >= 11 is 0. The van der Waals surface area contributed by atoms with Crippen molar-refractivity contribution in [1.29, 1.82) is 0 Å². The van der Waals surface area contributed by atoms with Gasteiger partial charge in [-0.2, -0.15) is 0 Å². The van der Waals surface area contributed by atoms with Crippen molar-refractivity contribution in [2.24, 2.45) is 0 Å². The fourth-order valence-corrected chi connectivity index (χ4v) is 1.75. The Balaban J connectivity index is 2.01. The van der Waals surface area contributed by atoms with Crippen molar-refractivity contribution in [3.63, 3.8) is 0 Å². The third-order valence-electron chi connectivity index (χ3n) is 2.93. The first-order chi connectivity index (χ1) is 9.16. The minimum absolute atomic E-state index is 0.0622. The first-order valence-electron chi connectivity index (χ1n) is 6.26. The number of likely N-dealkylation sites (N-methyl/N-ethyl adjacent to an activating group) is 1. The van der Waals surface area contributed by atoms with Gasteiger partial charge in [0.2, 0.25) is 5.91 Å². The summed E-state index contributed by atoms with van der Waals surface area (Å²) in [5.74, 6) is 0.0622. The predicted octanol–water partition coefficient (Wildman–Crippen LogP) is 2.85. The largest absolute Gasteiger partial charge is 0.376 e. The summed E-state index contributed by atoms with van der Waals surface area (Å²) in [6.07, 6.45) is 0. The summed E-state index contributed by atoms with van der Waals surface area (Å²) in [6.45, 7) is 0.317. The lowest BCUT2D eigenvalue weighted by Gasteiger charge is -2.12. The summed E-state index contributed by atoms with van der Waals surface area (Å²) in [5, 5.41) is 3.11. The Morgan fingerprint density at radius 3 is 2.11 bits per heavy atom. The van der Waals surface area contributed by atoms with Crippen molar-refractivity contribution in [1.82, 2.24) is 4.90 Å². The summed E-state index contributed by atoms with van der Waals surface area (Å²) in [4.78, 5) is 13.0. The molecule has 0 spiro atoms. The Bertz CT molecular complexity index is 532. The first kappa shape index (κ1) is 13.1. The third-order valence-corrected chi connectivity index (χ3v) is 2.93. The SMILES string of the molecule is CN(C)C(=O)CNc1ccc(-c2ccccc2)cc1. The molecule has 0 saturated heterocycles. The van der Waals surface area contributed by atoms with Gasteiger partial charge in [0.15, 0.2) is 0 Å². The molecule has 0 aliphatic heterocycles. The van der Waals surface area contributed by atoms with Crippen LogP contribution < -0.4 is 5.32 Å². The second-order valence-corrected chi connectivity index (χ2v) is 4.59. The number of anilines is 1. The lowest BCUT2D eigenvalue weighted by molar-refractivity contribution is -0.126. The second kappa shape index (κ2) is 6.05. The van der Waals surface area contributed by atoms with Crippen molar-refractivity contribution in [3.8, 4) is 11.1 Å². The highest BCUT2D eigenvalue weighted by atomic mass is 16.2. The van der Waals surface area contributed by atoms with Crippen LogP contribution in [0.4, 0.5) is 5.69 Å². The van der Waals surface area contributed by atoms with Gasteiger partial charge in [-0.3, -0.25) is 4.79 Å². The quantitative estimate of drug-likeness (QED) is 0.910. The van der Waals surface area contributed by atoms with Crippen molar-refractivity contribution in [3.05, 3.63) is 54.6 Å². The lowest BCUT2D eigenvalue weighted by atomic mass is 10.1. The minimum Gasteiger partial charge on any atom is -0.376 e. The van der Waals surface area contributed by atoms with Crippen LogP contribution in [-0.4, -0.2) is 31.4 Å². The van der Waals surface area contributed by atoms with E-state index in [1.165, 1.54) is 11.1 Å². The van der Waals surface area contributed by atoms with Crippen molar-refractivity contribution in [2.45, 2.75) is 0 Å². The fraction of sp³-hybridized carbons (Fsp3) is 0.188. The van der Waals surface area contributed by atoms with Gasteiger partial charge in [-0.25, -0.2) is 0 Å². The molecule has 0 unspecified atom stereocenters. The smallest absolute Gasteiger partial charge is 0.241 e. The van der Waals surface area contributed by atoms with Gasteiger partial charge in [0.05, 0.1) is 6.54 Å². The van der Waals surface area contributed by atoms with Crippen LogP contribution in [0.25, 0.3) is 11.1 Å². The Kier molecular flexibility index (Phi) is 4.18. The van der Waals surface area contributed by atoms with E-state index in [0.29, 0.717) is 6.54 Å². The lowest BCUT2D eigenvalue weighted by Crippen LogP contribution is -2.28. The highest BCUT2D eigenvalue weighted by molar-refractivity contribution is 5.80. The summed E-state index contributed by atoms with van der Waals surface area (Å²) in [7, 11) is 3.50. The molecule has 0 atom stereocenters. The monoisotopic (exact) mass is 254 g/mol. The van der Waals surface area contributed by atoms with E-state index in [-0.39, 0.29) is 5.91 Å². The molecule has 0 bridgehead atoms. The zero-order chi connectivity index (χ0) is 13.7. The van der Waals surface area contributed by atoms with Crippen LogP contribution in [0.15, 0.2) is 54.6 Å². The van der Waals surface area contributed by atoms with Crippen LogP contribution in [0.2, 0.25) is 0 Å². The van der Waals surface area contributed by atoms with Crippen molar-refractivity contribution < 1.29 is 4.79 Å². The Hall–Kier alpha value is -2.29. The minimum atomic E-state index is 0.0622. The van der Waals surface area contributed by atoms with E-state index in [4.69, 9.17) is 0 Å². The number of carbonyl (C=O) groups excluding carboxylic acids is 1. The normalized spacial score (nSPS) is 10.0. The van der Waals surface area contributed by atoms with Crippen LogP contribution >= 0.6 is 0 Å². The zero-order valence-electron chi connectivity index (χ0n) is 11.3. The van der Waals surface area contributed by atoms with Crippen molar-refractivity contribution in [2.75, 3.05) is 26.0 Å². The first-order valence-corrected chi connectivity index (χ1v) is 6.26. The molecule has 0 aliphatic rings. The van der Waals surface area contributed by atoms with E-state index in [1.54, 1.807) is 19.0 Å². The van der Waals surface area contributed by atoms with Crippen LogP contribution in [0, 0.1) is 0 Å². The molecule has 0 aliphatic carbocycles. The number of benzene rings is 2. The molecule has 19 heavy (non-hydrogen) atoms. The molecule has 0 saturated carbocycles. The third kappa shape index (κ3) is 3.58. The number of rotatable bonds is 4. The topological polar surface area (TPSA) is 32.3 Å². The molecular weight excluding hydrogens is 236 g/mol. The van der Waals surface area contributed by atoms with Gasteiger partial charge in [-0.1, -0.05) is 42.5 Å². The van der Waals surface area contributed by atoms with Gasteiger partial charge in [-0.05, 0) is 23.3 Å². The molecule has 2 aromatic carbocycles. The van der Waals surface area contributed by atoms with Gasteiger partial charge in [0.25, 0.3) is 0 Å². The highest BCUT2D eigenvalue weighted by Crippen LogP contribution is 2.20. The molecule has 2 aromatic rings. The van der Waals surface area contributed by atoms with E-state index < -0.39 is 0 Å². The molecule has 0 radical (unpaired) electrons. The molecule has 2 rings (SSSR count). The van der Waals surface area contributed by atoms with E-state index in [1.807, 2.05) is 30.3 Å². The predicted molar refractivity (Wildman–Crippen MR) is 79.1 cm³/mol. The van der Waals surface area contributed by atoms with Gasteiger partial charge >= 0.3 is 0 Å². The molecular formula is C16H18N2O. The van der Waals surface area contributed by atoms with Crippen molar-refractivity contribution >= 4 is 11.6 Å². The molecule has 0 fully saturated rings. The number of hydrogen-bond donors (Lipinski definition) is 1. The van der Waals surface area contributed by atoms with Gasteiger partial charge in [0.1, 0.15) is 0 Å². The molecule has 3 heteroatoms. The standard InChI is InChI=1S/C16H18N2O/c1-18(2)16(19)12-17-15-10-8-14(9-11-15)13-6-4-3-5-7-13/h3-11,17H,12H2,1-2H3. The highest BCUT2D eigenvalue weighted by Gasteiger charge is 2.03. The average molecular weight is 254 g/mol. The fourth-order valence-electron chi connectivity index (χ4n) is 1.75. The summed E-state index contributed by atoms with van der Waals surface area (Å²) in [6, 6.07) is 18.3. The second-order valence-electron chi connectivity index (χ2n) is 4.59. The van der Waals surface area contributed by atoms with Crippen LogP contribution in [0.3, 0.4) is 0 Å². The number of nitrogens with one attached hydrogen (secondary N) is 1. The molecule has 98 valence electrons. The van der Waals surface area contributed by atoms with E-state index in [0.717, 1.165) is 5.69 Å². The summed E-state index contributed by atoms with van der Waals surface area (Å²) in [5.41, 5.74) is 3.32. The van der Waals surface area contributed by atoms with Gasteiger partial charge < -0.3 is 10.2 Å². The molecule has 1 N–H and O–H groups in total. The number of nitrogens with zero attached hydrogens (tertiary/aromatic N) is 1. The Morgan fingerprint density at radius 2 is 1.53 bits per heavy atom.